The lowest BCUT2D eigenvalue weighted by molar-refractivity contribution is 0.0690. The minimum Gasteiger partial charge on any atom is -0.477 e. The Hall–Kier alpha value is -2.40. The summed E-state index contributed by atoms with van der Waals surface area (Å²) in [6.07, 6.45) is 1.02. The topological polar surface area (TPSA) is 65.5 Å². The average molecular weight is 311 g/mol. The first kappa shape index (κ1) is 15.5. The fraction of sp³-hybridized carbons (Fsp3) is 0.333. The van der Waals surface area contributed by atoms with Gasteiger partial charge in [0.25, 0.3) is 0 Å². The molecule has 2 N–H and O–H groups in total. The van der Waals surface area contributed by atoms with Gasteiger partial charge in [0.2, 0.25) is 0 Å². The molecule has 120 valence electrons. The van der Waals surface area contributed by atoms with E-state index >= 15 is 0 Å². The molecule has 0 radical (unpaired) electrons. The van der Waals surface area contributed by atoms with Crippen molar-refractivity contribution in [3.8, 4) is 0 Å². The van der Waals surface area contributed by atoms with Gasteiger partial charge >= 0.3 is 5.97 Å². The van der Waals surface area contributed by atoms with Gasteiger partial charge in [-0.05, 0) is 31.0 Å². The van der Waals surface area contributed by atoms with Gasteiger partial charge in [0.1, 0.15) is 5.82 Å². The number of carboxylic acid groups (broad SMARTS) is 1. The van der Waals surface area contributed by atoms with E-state index < -0.39 is 5.97 Å². The Kier molecular flexibility index (Phi) is 4.57. The molecule has 5 nitrogen and oxygen atoms in total. The molecule has 1 aliphatic rings. The number of benzene rings is 1. The molecular weight excluding hydrogens is 290 g/mol. The smallest absolute Gasteiger partial charge is 0.354 e. The van der Waals surface area contributed by atoms with Crippen LogP contribution in [0.2, 0.25) is 0 Å². The van der Waals surface area contributed by atoms with Crippen LogP contribution in [0.3, 0.4) is 0 Å². The molecule has 1 fully saturated rings. The number of hydrogen-bond acceptors (Lipinski definition) is 4. The number of likely N-dealkylation sites (tertiary alicyclic amines) is 1. The van der Waals surface area contributed by atoms with Crippen LogP contribution in [0.1, 0.15) is 29.4 Å². The summed E-state index contributed by atoms with van der Waals surface area (Å²) >= 11 is 0. The van der Waals surface area contributed by atoms with Crippen molar-refractivity contribution in [2.45, 2.75) is 32.0 Å². The lowest BCUT2D eigenvalue weighted by Gasteiger charge is -2.21. The molecule has 2 atom stereocenters. The molecular formula is C18H21N3O2. The summed E-state index contributed by atoms with van der Waals surface area (Å²) in [6, 6.07) is 16.3. The van der Waals surface area contributed by atoms with Crippen LogP contribution < -0.4 is 5.32 Å². The van der Waals surface area contributed by atoms with Gasteiger partial charge < -0.3 is 10.4 Å². The third-order valence-corrected chi connectivity index (χ3v) is 4.25. The van der Waals surface area contributed by atoms with Gasteiger partial charge in [-0.3, -0.25) is 4.90 Å². The molecule has 3 rings (SSSR count). The van der Waals surface area contributed by atoms with Crippen LogP contribution in [0.4, 0.5) is 5.82 Å². The van der Waals surface area contributed by atoms with E-state index in [9.17, 15) is 4.79 Å². The summed E-state index contributed by atoms with van der Waals surface area (Å²) < 4.78 is 0. The molecule has 5 heteroatoms. The van der Waals surface area contributed by atoms with Crippen LogP contribution in [0.25, 0.3) is 0 Å². The Morgan fingerprint density at radius 3 is 2.78 bits per heavy atom. The summed E-state index contributed by atoms with van der Waals surface area (Å²) in [6.45, 7) is 4.09. The molecule has 2 aromatic rings. The van der Waals surface area contributed by atoms with Gasteiger partial charge in [-0.2, -0.15) is 0 Å². The highest BCUT2D eigenvalue weighted by Crippen LogP contribution is 2.22. The fourth-order valence-electron chi connectivity index (χ4n) is 3.08. The van der Waals surface area contributed by atoms with E-state index in [1.807, 2.05) is 12.1 Å². The summed E-state index contributed by atoms with van der Waals surface area (Å²) in [5, 5.41) is 12.4. The molecule has 0 saturated carbocycles. The zero-order valence-corrected chi connectivity index (χ0v) is 13.1. The van der Waals surface area contributed by atoms with Crippen molar-refractivity contribution in [3.05, 3.63) is 59.8 Å². The number of aromatic carboxylic acids is 1. The van der Waals surface area contributed by atoms with E-state index in [1.165, 1.54) is 11.6 Å². The van der Waals surface area contributed by atoms with Gasteiger partial charge in [-0.25, -0.2) is 9.78 Å². The molecule has 1 aromatic heterocycles. The third kappa shape index (κ3) is 3.87. The predicted octanol–water partition coefficient (Wildman–Crippen LogP) is 2.85. The highest BCUT2D eigenvalue weighted by Gasteiger charge is 2.29. The summed E-state index contributed by atoms with van der Waals surface area (Å²) in [5.74, 6) is -0.372. The maximum absolute atomic E-state index is 11.0. The Balaban J connectivity index is 1.62. The van der Waals surface area contributed by atoms with Gasteiger partial charge in [0.05, 0.1) is 0 Å². The second kappa shape index (κ2) is 6.79. The highest BCUT2D eigenvalue weighted by molar-refractivity contribution is 5.85. The molecule has 2 unspecified atom stereocenters. The number of aromatic nitrogens is 1. The monoisotopic (exact) mass is 311 g/mol. The number of nitrogens with zero attached hydrogens (tertiary/aromatic N) is 2. The van der Waals surface area contributed by atoms with Crippen LogP contribution in [0.5, 0.6) is 0 Å². The lowest BCUT2D eigenvalue weighted by atomic mass is 10.2. The van der Waals surface area contributed by atoms with Gasteiger partial charge in [-0.1, -0.05) is 36.4 Å². The average Bonchev–Trinajstić information content (AvgIpc) is 2.88. The maximum Gasteiger partial charge on any atom is 0.354 e. The first-order valence-electron chi connectivity index (χ1n) is 7.86. The van der Waals surface area contributed by atoms with Crippen molar-refractivity contribution >= 4 is 11.8 Å². The normalized spacial score (nSPS) is 21.3. The molecule has 0 aliphatic carbocycles. The number of anilines is 1. The van der Waals surface area contributed by atoms with E-state index in [1.54, 1.807) is 6.07 Å². The Morgan fingerprint density at radius 1 is 1.26 bits per heavy atom. The first-order chi connectivity index (χ1) is 11.1. The largest absolute Gasteiger partial charge is 0.477 e. The molecule has 0 amide bonds. The lowest BCUT2D eigenvalue weighted by Crippen LogP contribution is -2.28. The van der Waals surface area contributed by atoms with E-state index in [0.717, 1.165) is 19.5 Å². The molecule has 1 aromatic carbocycles. The van der Waals surface area contributed by atoms with Crippen LogP contribution in [0, 0.1) is 0 Å². The number of rotatable bonds is 5. The van der Waals surface area contributed by atoms with Crippen molar-refractivity contribution in [3.63, 3.8) is 0 Å². The van der Waals surface area contributed by atoms with Gasteiger partial charge in [0, 0.05) is 25.2 Å². The quantitative estimate of drug-likeness (QED) is 0.889. The molecule has 0 bridgehead atoms. The van der Waals surface area contributed by atoms with Gasteiger partial charge in [-0.15, -0.1) is 0 Å². The predicted molar refractivity (Wildman–Crippen MR) is 89.5 cm³/mol. The zero-order chi connectivity index (χ0) is 16.2. The summed E-state index contributed by atoms with van der Waals surface area (Å²) in [7, 11) is 0. The summed E-state index contributed by atoms with van der Waals surface area (Å²) in [5.41, 5.74) is 1.38. The number of hydrogen-bond donors (Lipinski definition) is 2. The molecule has 23 heavy (non-hydrogen) atoms. The van der Waals surface area contributed by atoms with E-state index in [4.69, 9.17) is 5.11 Å². The minimum absolute atomic E-state index is 0.0715. The molecule has 1 aliphatic heterocycles. The van der Waals surface area contributed by atoms with Crippen molar-refractivity contribution in [1.29, 1.82) is 0 Å². The minimum atomic E-state index is -1.00. The third-order valence-electron chi connectivity index (χ3n) is 4.25. The van der Waals surface area contributed by atoms with Crippen LogP contribution in [0.15, 0.2) is 48.5 Å². The van der Waals surface area contributed by atoms with Crippen molar-refractivity contribution in [1.82, 2.24) is 9.88 Å². The van der Waals surface area contributed by atoms with Crippen LogP contribution in [-0.4, -0.2) is 39.6 Å². The van der Waals surface area contributed by atoms with E-state index in [-0.39, 0.29) is 11.7 Å². The van der Waals surface area contributed by atoms with Crippen LogP contribution in [-0.2, 0) is 6.54 Å². The Labute approximate surface area is 136 Å². The molecule has 1 saturated heterocycles. The van der Waals surface area contributed by atoms with Crippen molar-refractivity contribution < 1.29 is 9.90 Å². The summed E-state index contributed by atoms with van der Waals surface area (Å²) in [4.78, 5) is 17.6. The first-order valence-corrected chi connectivity index (χ1v) is 7.86. The molecule has 0 spiro atoms. The van der Waals surface area contributed by atoms with Crippen LogP contribution >= 0.6 is 0 Å². The second-order valence-corrected chi connectivity index (χ2v) is 6.05. The number of carbonyl (C=O) groups is 1. The standard InChI is InChI=1S/C18H21N3O2/c1-13-10-15(12-21(13)11-14-6-3-2-4-7-14)19-17-9-5-8-16(20-17)18(22)23/h2-9,13,15H,10-12H2,1H3,(H,19,20)(H,22,23). The SMILES string of the molecule is CC1CC(Nc2cccc(C(=O)O)n2)CN1Cc1ccccc1. The molecule has 2 heterocycles. The highest BCUT2D eigenvalue weighted by atomic mass is 16.4. The number of pyridine rings is 1. The van der Waals surface area contributed by atoms with E-state index in [0.29, 0.717) is 11.9 Å². The Bertz CT molecular complexity index is 675. The second-order valence-electron chi connectivity index (χ2n) is 6.05. The zero-order valence-electron chi connectivity index (χ0n) is 13.1. The van der Waals surface area contributed by atoms with Crippen molar-refractivity contribution in [2.24, 2.45) is 0 Å². The van der Waals surface area contributed by atoms with E-state index in [2.05, 4.69) is 46.4 Å². The maximum atomic E-state index is 11.0. The number of nitrogens with one attached hydrogen (secondary N) is 1. The Morgan fingerprint density at radius 2 is 2.04 bits per heavy atom. The van der Waals surface area contributed by atoms with Crippen molar-refractivity contribution in [2.75, 3.05) is 11.9 Å². The fourth-order valence-corrected chi connectivity index (χ4v) is 3.08. The van der Waals surface area contributed by atoms with Gasteiger partial charge in [0.15, 0.2) is 5.69 Å². The number of carboxylic acids is 1.